The van der Waals surface area contributed by atoms with Crippen molar-refractivity contribution in [3.05, 3.63) is 33.8 Å². The number of benzene rings is 1. The van der Waals surface area contributed by atoms with Gasteiger partial charge in [0, 0.05) is 24.5 Å². The summed E-state index contributed by atoms with van der Waals surface area (Å²) in [5, 5.41) is 22.3. The van der Waals surface area contributed by atoms with E-state index in [9.17, 15) is 14.7 Å². The summed E-state index contributed by atoms with van der Waals surface area (Å²) in [6.07, 6.45) is 1.60. The molecule has 1 heterocycles. The van der Waals surface area contributed by atoms with Crippen LogP contribution in [0, 0.1) is 13.8 Å². The van der Waals surface area contributed by atoms with Gasteiger partial charge in [0.05, 0.1) is 19.1 Å². The summed E-state index contributed by atoms with van der Waals surface area (Å²) in [6, 6.07) is 3.60. The predicted octanol–water partition coefficient (Wildman–Crippen LogP) is 2.51. The normalized spacial score (nSPS) is 29.2. The summed E-state index contributed by atoms with van der Waals surface area (Å²) in [5.41, 5.74) is 1.33. The van der Waals surface area contributed by atoms with Crippen LogP contribution in [0.5, 0.6) is 0 Å². The second kappa shape index (κ2) is 8.60. The molecule has 8 heteroatoms. The highest BCUT2D eigenvalue weighted by atomic mass is 35.5. The lowest BCUT2D eigenvalue weighted by Gasteiger charge is -2.41. The van der Waals surface area contributed by atoms with Crippen LogP contribution in [0.25, 0.3) is 0 Å². The van der Waals surface area contributed by atoms with E-state index in [0.717, 1.165) is 16.7 Å². The zero-order valence-electron chi connectivity index (χ0n) is 16.8. The molecule has 29 heavy (non-hydrogen) atoms. The monoisotopic (exact) mass is 425 g/mol. The maximum atomic E-state index is 12.7. The van der Waals surface area contributed by atoms with Crippen molar-refractivity contribution in [1.82, 2.24) is 5.32 Å². The number of hydrogen-bond acceptors (Lipinski definition) is 5. The lowest BCUT2D eigenvalue weighted by atomic mass is 9.78. The van der Waals surface area contributed by atoms with Crippen LogP contribution in [0.1, 0.15) is 48.8 Å². The van der Waals surface area contributed by atoms with Crippen LogP contribution >= 0.6 is 11.6 Å². The summed E-state index contributed by atoms with van der Waals surface area (Å²) in [5.74, 6) is -2.19. The van der Waals surface area contributed by atoms with Gasteiger partial charge in [-0.05, 0) is 61.9 Å². The maximum Gasteiger partial charge on any atom is 0.329 e. The van der Waals surface area contributed by atoms with E-state index in [-0.39, 0.29) is 37.9 Å². The Morgan fingerprint density at radius 3 is 2.38 bits per heavy atom. The number of aryl methyl sites for hydroxylation is 2. The number of halogens is 1. The molecule has 3 N–H and O–H groups in total. The molecule has 160 valence electrons. The van der Waals surface area contributed by atoms with E-state index in [1.54, 1.807) is 12.1 Å². The highest BCUT2D eigenvalue weighted by Crippen LogP contribution is 2.42. The first-order chi connectivity index (χ1) is 13.7. The third-order valence-electron chi connectivity index (χ3n) is 6.02. The number of aliphatic hydroxyl groups is 1. The van der Waals surface area contributed by atoms with Gasteiger partial charge in [-0.1, -0.05) is 11.6 Å². The van der Waals surface area contributed by atoms with Gasteiger partial charge in [0.1, 0.15) is 5.54 Å². The number of aliphatic carboxylic acids is 1. The van der Waals surface area contributed by atoms with Gasteiger partial charge < -0.3 is 25.0 Å². The molecule has 1 aromatic rings. The lowest BCUT2D eigenvalue weighted by Crippen LogP contribution is -2.59. The SMILES string of the molecule is Cc1cc(Cl)cc(C)c1CC(=O)NC1(C(=O)O)CCC2(CC1)OCC(CCO)O2. The number of carbonyl (C=O) groups excluding carboxylic acids is 1. The van der Waals surface area contributed by atoms with Gasteiger partial charge in [-0.3, -0.25) is 4.79 Å². The van der Waals surface area contributed by atoms with Crippen LogP contribution in [0.3, 0.4) is 0 Å². The van der Waals surface area contributed by atoms with Gasteiger partial charge in [0.2, 0.25) is 5.91 Å². The molecule has 1 amide bonds. The van der Waals surface area contributed by atoms with E-state index in [1.807, 2.05) is 13.8 Å². The maximum absolute atomic E-state index is 12.7. The number of aliphatic hydroxyl groups excluding tert-OH is 1. The second-order valence-corrected chi connectivity index (χ2v) is 8.54. The molecule has 1 atom stereocenters. The van der Waals surface area contributed by atoms with Crippen LogP contribution in [-0.2, 0) is 25.5 Å². The minimum absolute atomic E-state index is 0.0166. The molecule has 3 rings (SSSR count). The average molecular weight is 426 g/mol. The number of hydrogen-bond donors (Lipinski definition) is 3. The zero-order chi connectivity index (χ0) is 21.2. The summed E-state index contributed by atoms with van der Waals surface area (Å²) in [6.45, 7) is 4.18. The third-order valence-corrected chi connectivity index (χ3v) is 6.23. The van der Waals surface area contributed by atoms with Crippen LogP contribution in [0.4, 0.5) is 0 Å². The molecular weight excluding hydrogens is 398 g/mol. The molecule has 1 spiro atoms. The lowest BCUT2D eigenvalue weighted by molar-refractivity contribution is -0.200. The molecule has 1 aliphatic carbocycles. The molecule has 0 bridgehead atoms. The highest BCUT2D eigenvalue weighted by Gasteiger charge is 2.52. The Labute approximate surface area is 175 Å². The van der Waals surface area contributed by atoms with Gasteiger partial charge in [-0.2, -0.15) is 0 Å². The molecule has 0 aromatic heterocycles. The summed E-state index contributed by atoms with van der Waals surface area (Å²) < 4.78 is 11.8. The van der Waals surface area contributed by atoms with E-state index in [4.69, 9.17) is 26.2 Å². The molecule has 7 nitrogen and oxygen atoms in total. The summed E-state index contributed by atoms with van der Waals surface area (Å²) in [7, 11) is 0. The van der Waals surface area contributed by atoms with Crippen molar-refractivity contribution < 1.29 is 29.3 Å². The Hall–Kier alpha value is -1.67. The van der Waals surface area contributed by atoms with Crippen LogP contribution < -0.4 is 5.32 Å². The van der Waals surface area contributed by atoms with E-state index >= 15 is 0 Å². The quantitative estimate of drug-likeness (QED) is 0.646. The van der Waals surface area contributed by atoms with Crippen molar-refractivity contribution in [2.45, 2.75) is 69.8 Å². The Balaban J connectivity index is 1.67. The van der Waals surface area contributed by atoms with Crippen molar-refractivity contribution in [1.29, 1.82) is 0 Å². The van der Waals surface area contributed by atoms with E-state index in [0.29, 0.717) is 30.9 Å². The minimum Gasteiger partial charge on any atom is -0.480 e. The summed E-state index contributed by atoms with van der Waals surface area (Å²) in [4.78, 5) is 24.8. The number of amides is 1. The number of ether oxygens (including phenoxy) is 2. The first kappa shape index (κ1) is 22.0. The van der Waals surface area contributed by atoms with E-state index < -0.39 is 17.3 Å². The van der Waals surface area contributed by atoms with Crippen molar-refractivity contribution in [3.8, 4) is 0 Å². The molecule has 1 aromatic carbocycles. The van der Waals surface area contributed by atoms with Crippen LogP contribution in [-0.4, -0.2) is 52.7 Å². The van der Waals surface area contributed by atoms with Crippen molar-refractivity contribution in [2.24, 2.45) is 0 Å². The fourth-order valence-electron chi connectivity index (χ4n) is 4.31. The average Bonchev–Trinajstić information content (AvgIpc) is 3.03. The van der Waals surface area contributed by atoms with Crippen molar-refractivity contribution in [3.63, 3.8) is 0 Å². The number of rotatable bonds is 6. The Kier molecular flexibility index (Phi) is 6.53. The van der Waals surface area contributed by atoms with Gasteiger partial charge in [-0.25, -0.2) is 4.79 Å². The van der Waals surface area contributed by atoms with Gasteiger partial charge in [0.25, 0.3) is 0 Å². The fourth-order valence-corrected chi connectivity index (χ4v) is 4.63. The summed E-state index contributed by atoms with van der Waals surface area (Å²) >= 11 is 6.05. The van der Waals surface area contributed by atoms with Crippen molar-refractivity contribution >= 4 is 23.5 Å². The van der Waals surface area contributed by atoms with Crippen molar-refractivity contribution in [2.75, 3.05) is 13.2 Å². The van der Waals surface area contributed by atoms with E-state index in [2.05, 4.69) is 5.32 Å². The van der Waals surface area contributed by atoms with E-state index in [1.165, 1.54) is 0 Å². The first-order valence-electron chi connectivity index (χ1n) is 9.91. The Bertz CT molecular complexity index is 764. The zero-order valence-corrected chi connectivity index (χ0v) is 17.6. The standard InChI is InChI=1S/C21H28ClNO6/c1-13-9-15(22)10-14(2)17(13)11-18(25)23-20(19(26)27)4-6-21(7-5-20)28-12-16(29-21)3-8-24/h9-10,16,24H,3-8,11-12H2,1-2H3,(H,23,25)(H,26,27). The second-order valence-electron chi connectivity index (χ2n) is 8.10. The largest absolute Gasteiger partial charge is 0.480 e. The van der Waals surface area contributed by atoms with Crippen LogP contribution in [0.15, 0.2) is 12.1 Å². The first-order valence-corrected chi connectivity index (χ1v) is 10.3. The van der Waals surface area contributed by atoms with Crippen LogP contribution in [0.2, 0.25) is 5.02 Å². The minimum atomic E-state index is -1.33. The number of carbonyl (C=O) groups is 2. The van der Waals surface area contributed by atoms with Gasteiger partial charge in [0.15, 0.2) is 5.79 Å². The third kappa shape index (κ3) is 4.74. The molecule has 1 saturated heterocycles. The Morgan fingerprint density at radius 2 is 1.83 bits per heavy atom. The molecule has 1 saturated carbocycles. The Morgan fingerprint density at radius 1 is 1.21 bits per heavy atom. The molecule has 2 aliphatic rings. The highest BCUT2D eigenvalue weighted by molar-refractivity contribution is 6.30. The smallest absolute Gasteiger partial charge is 0.329 e. The number of carboxylic acid groups (broad SMARTS) is 1. The molecule has 2 fully saturated rings. The fraction of sp³-hybridized carbons (Fsp3) is 0.619. The molecular formula is C21H28ClNO6. The molecule has 1 unspecified atom stereocenters. The van der Waals surface area contributed by atoms with Gasteiger partial charge >= 0.3 is 5.97 Å². The van der Waals surface area contributed by atoms with Gasteiger partial charge in [-0.15, -0.1) is 0 Å². The molecule has 1 aliphatic heterocycles. The topological polar surface area (TPSA) is 105 Å². The number of nitrogens with one attached hydrogen (secondary N) is 1. The molecule has 0 radical (unpaired) electrons. The number of carboxylic acids is 1. The predicted molar refractivity (Wildman–Crippen MR) is 107 cm³/mol.